The maximum absolute atomic E-state index is 13.2. The molecule has 1 amide bonds. The Morgan fingerprint density at radius 2 is 1.94 bits per heavy atom. The SMILES string of the molecule is Cc1ccc(C2=NN(C(=O)CSc3nnnn3-c3ccc(O)cc3)C(c3ccco3)C2)cc1. The van der Waals surface area contributed by atoms with Crippen LogP contribution >= 0.6 is 11.8 Å². The van der Waals surface area contributed by atoms with E-state index >= 15 is 0 Å². The third-order valence-corrected chi connectivity index (χ3v) is 6.19. The van der Waals surface area contributed by atoms with Crippen LogP contribution in [0.5, 0.6) is 5.75 Å². The number of carbonyl (C=O) groups excluding carboxylic acids is 1. The van der Waals surface area contributed by atoms with E-state index in [1.807, 2.05) is 43.3 Å². The van der Waals surface area contributed by atoms with Crippen LogP contribution in [-0.2, 0) is 4.79 Å². The fourth-order valence-corrected chi connectivity index (χ4v) is 4.32. The van der Waals surface area contributed by atoms with Crippen LogP contribution < -0.4 is 0 Å². The lowest BCUT2D eigenvalue weighted by atomic mass is 10.0. The summed E-state index contributed by atoms with van der Waals surface area (Å²) in [6, 6.07) is 18.0. The molecule has 0 saturated heterocycles. The molecule has 0 aliphatic carbocycles. The van der Waals surface area contributed by atoms with Gasteiger partial charge in [-0.1, -0.05) is 41.6 Å². The van der Waals surface area contributed by atoms with Gasteiger partial charge in [-0.2, -0.15) is 9.78 Å². The van der Waals surface area contributed by atoms with Crippen LogP contribution in [0.2, 0.25) is 0 Å². The summed E-state index contributed by atoms with van der Waals surface area (Å²) in [4.78, 5) is 13.2. The Labute approximate surface area is 193 Å². The monoisotopic (exact) mass is 460 g/mol. The van der Waals surface area contributed by atoms with Gasteiger partial charge in [-0.3, -0.25) is 4.79 Å². The van der Waals surface area contributed by atoms with Crippen molar-refractivity contribution in [1.29, 1.82) is 0 Å². The molecule has 0 bridgehead atoms. The van der Waals surface area contributed by atoms with Crippen LogP contribution in [0.25, 0.3) is 5.69 Å². The van der Waals surface area contributed by atoms with Crippen molar-refractivity contribution in [1.82, 2.24) is 25.2 Å². The highest BCUT2D eigenvalue weighted by Gasteiger charge is 2.35. The topological polar surface area (TPSA) is 110 Å². The Bertz CT molecular complexity index is 1280. The molecule has 166 valence electrons. The number of benzene rings is 2. The van der Waals surface area contributed by atoms with Gasteiger partial charge in [0.05, 0.1) is 23.4 Å². The summed E-state index contributed by atoms with van der Waals surface area (Å²) in [6.07, 6.45) is 2.17. The molecule has 1 aliphatic heterocycles. The number of aromatic hydroxyl groups is 1. The summed E-state index contributed by atoms with van der Waals surface area (Å²) in [5, 5.41) is 27.9. The van der Waals surface area contributed by atoms with Crippen molar-refractivity contribution in [3.05, 3.63) is 83.8 Å². The Hall–Kier alpha value is -3.92. The zero-order valence-corrected chi connectivity index (χ0v) is 18.5. The average molecular weight is 461 g/mol. The van der Waals surface area contributed by atoms with Gasteiger partial charge in [-0.15, -0.1) is 5.10 Å². The molecule has 0 saturated carbocycles. The lowest BCUT2D eigenvalue weighted by Crippen LogP contribution is -2.28. The van der Waals surface area contributed by atoms with Crippen LogP contribution in [0.3, 0.4) is 0 Å². The Kier molecular flexibility index (Phi) is 5.66. The van der Waals surface area contributed by atoms with E-state index in [1.54, 1.807) is 30.5 Å². The highest BCUT2D eigenvalue weighted by atomic mass is 32.2. The number of thioether (sulfide) groups is 1. The van der Waals surface area contributed by atoms with Crippen LogP contribution in [0.4, 0.5) is 0 Å². The highest BCUT2D eigenvalue weighted by Crippen LogP contribution is 2.34. The molecule has 0 fully saturated rings. The quantitative estimate of drug-likeness (QED) is 0.437. The van der Waals surface area contributed by atoms with Crippen LogP contribution in [0.15, 0.2) is 81.6 Å². The van der Waals surface area contributed by atoms with Crippen molar-refractivity contribution in [2.75, 3.05) is 5.75 Å². The normalized spacial score (nSPS) is 15.6. The number of rotatable bonds is 6. The first-order valence-electron chi connectivity index (χ1n) is 10.3. The van der Waals surface area contributed by atoms with Crippen molar-refractivity contribution < 1.29 is 14.3 Å². The molecule has 4 aromatic rings. The number of hydrogen-bond acceptors (Lipinski definition) is 8. The molecule has 5 rings (SSSR count). The number of hydrazone groups is 1. The Morgan fingerprint density at radius 1 is 1.15 bits per heavy atom. The van der Waals surface area contributed by atoms with Gasteiger partial charge in [0.25, 0.3) is 5.91 Å². The number of carbonyl (C=O) groups is 1. The Morgan fingerprint density at radius 3 is 2.67 bits per heavy atom. The molecule has 2 aromatic heterocycles. The van der Waals surface area contributed by atoms with Gasteiger partial charge in [-0.25, -0.2) is 5.01 Å². The van der Waals surface area contributed by atoms with Gasteiger partial charge in [-0.05, 0) is 59.3 Å². The molecule has 1 unspecified atom stereocenters. The molecular weight excluding hydrogens is 440 g/mol. The number of tetrazole rings is 1. The minimum Gasteiger partial charge on any atom is -0.508 e. The van der Waals surface area contributed by atoms with Crippen molar-refractivity contribution in [2.24, 2.45) is 5.10 Å². The highest BCUT2D eigenvalue weighted by molar-refractivity contribution is 7.99. The van der Waals surface area contributed by atoms with E-state index in [1.165, 1.54) is 21.5 Å². The zero-order valence-electron chi connectivity index (χ0n) is 17.7. The van der Waals surface area contributed by atoms with Crippen LogP contribution in [0, 0.1) is 6.92 Å². The van der Waals surface area contributed by atoms with Gasteiger partial charge >= 0.3 is 0 Å². The van der Waals surface area contributed by atoms with E-state index in [9.17, 15) is 9.90 Å². The zero-order chi connectivity index (χ0) is 22.8. The van der Waals surface area contributed by atoms with Crippen LogP contribution in [-0.4, -0.2) is 47.7 Å². The summed E-state index contributed by atoms with van der Waals surface area (Å²) < 4.78 is 7.13. The molecular formula is C23H20N6O3S. The molecule has 3 heterocycles. The average Bonchev–Trinajstić information content (AvgIpc) is 3.59. The smallest absolute Gasteiger partial charge is 0.253 e. The molecule has 0 spiro atoms. The minimum absolute atomic E-state index is 0.0976. The second-order valence-electron chi connectivity index (χ2n) is 7.56. The predicted molar refractivity (Wildman–Crippen MR) is 122 cm³/mol. The lowest BCUT2D eigenvalue weighted by Gasteiger charge is -2.19. The van der Waals surface area contributed by atoms with Gasteiger partial charge in [0, 0.05) is 6.42 Å². The second kappa shape index (κ2) is 8.91. The fraction of sp³-hybridized carbons (Fsp3) is 0.174. The first-order chi connectivity index (χ1) is 16.1. The standard InChI is InChI=1S/C23H20N6O3S/c1-15-4-6-16(7-5-15)19-13-20(21-3-2-12-32-21)29(25-19)22(31)14-33-23-24-26-27-28(23)17-8-10-18(30)11-9-17/h2-12,20,30H,13-14H2,1H3. The van der Waals surface area contributed by atoms with E-state index in [0.717, 1.165) is 16.8 Å². The number of nitrogens with zero attached hydrogens (tertiary/aromatic N) is 6. The number of amides is 1. The summed E-state index contributed by atoms with van der Waals surface area (Å²) in [5.74, 6) is 0.758. The van der Waals surface area contributed by atoms with E-state index < -0.39 is 0 Å². The van der Waals surface area contributed by atoms with Crippen molar-refractivity contribution in [3.8, 4) is 11.4 Å². The largest absolute Gasteiger partial charge is 0.508 e. The van der Waals surface area contributed by atoms with Crippen molar-refractivity contribution in [2.45, 2.75) is 24.5 Å². The summed E-state index contributed by atoms with van der Waals surface area (Å²) in [7, 11) is 0. The number of aromatic nitrogens is 4. The van der Waals surface area contributed by atoms with Gasteiger partial charge in [0.2, 0.25) is 5.16 Å². The lowest BCUT2D eigenvalue weighted by molar-refractivity contribution is -0.130. The van der Waals surface area contributed by atoms with Gasteiger partial charge < -0.3 is 9.52 Å². The number of aryl methyl sites for hydroxylation is 1. The number of furan rings is 1. The molecule has 1 N–H and O–H groups in total. The van der Waals surface area contributed by atoms with Crippen molar-refractivity contribution in [3.63, 3.8) is 0 Å². The first-order valence-corrected chi connectivity index (χ1v) is 11.3. The van der Waals surface area contributed by atoms with E-state index in [0.29, 0.717) is 23.0 Å². The minimum atomic E-state index is -0.308. The van der Waals surface area contributed by atoms with Gasteiger partial charge in [0.1, 0.15) is 17.6 Å². The second-order valence-corrected chi connectivity index (χ2v) is 8.51. The van der Waals surface area contributed by atoms with Crippen LogP contribution in [0.1, 0.15) is 29.3 Å². The number of phenolic OH excluding ortho intramolecular Hbond substituents is 1. The van der Waals surface area contributed by atoms with E-state index in [4.69, 9.17) is 4.42 Å². The Balaban J connectivity index is 1.36. The summed E-state index contributed by atoms with van der Waals surface area (Å²) in [6.45, 7) is 2.03. The molecule has 0 radical (unpaired) electrons. The maximum Gasteiger partial charge on any atom is 0.253 e. The fourth-order valence-electron chi connectivity index (χ4n) is 3.58. The molecule has 1 aliphatic rings. The van der Waals surface area contributed by atoms with E-state index in [2.05, 4.69) is 20.6 Å². The van der Waals surface area contributed by atoms with Crippen molar-refractivity contribution >= 4 is 23.4 Å². The molecule has 1 atom stereocenters. The molecule has 9 nitrogen and oxygen atoms in total. The number of phenols is 1. The number of hydrogen-bond donors (Lipinski definition) is 1. The third-order valence-electron chi connectivity index (χ3n) is 5.28. The predicted octanol–water partition coefficient (Wildman–Crippen LogP) is 3.74. The summed E-state index contributed by atoms with van der Waals surface area (Å²) in [5.41, 5.74) is 3.66. The third kappa shape index (κ3) is 4.37. The van der Waals surface area contributed by atoms with E-state index in [-0.39, 0.29) is 23.5 Å². The van der Waals surface area contributed by atoms with Gasteiger partial charge in [0.15, 0.2) is 0 Å². The maximum atomic E-state index is 13.2. The first kappa shape index (κ1) is 21.0. The summed E-state index contributed by atoms with van der Waals surface area (Å²) >= 11 is 1.22. The molecule has 10 heteroatoms. The molecule has 2 aromatic carbocycles. The molecule has 33 heavy (non-hydrogen) atoms.